The van der Waals surface area contributed by atoms with Gasteiger partial charge in [0.1, 0.15) is 0 Å². The fourth-order valence-corrected chi connectivity index (χ4v) is 2.10. The van der Waals surface area contributed by atoms with Gasteiger partial charge < -0.3 is 0 Å². The van der Waals surface area contributed by atoms with Crippen LogP contribution in [-0.2, 0) is 0 Å². The van der Waals surface area contributed by atoms with Crippen LogP contribution in [-0.4, -0.2) is 22.9 Å². The van der Waals surface area contributed by atoms with Crippen molar-refractivity contribution in [3.05, 3.63) is 102 Å². The van der Waals surface area contributed by atoms with Gasteiger partial charge in [0.25, 0.3) is 5.91 Å². The van der Waals surface area contributed by atoms with Gasteiger partial charge in [-0.3, -0.25) is 9.78 Å². The van der Waals surface area contributed by atoms with Crippen LogP contribution < -0.4 is 5.43 Å². The lowest BCUT2D eigenvalue weighted by Gasteiger charge is -2.03. The molecule has 2 aromatic carbocycles. The third-order valence-corrected chi connectivity index (χ3v) is 3.35. The minimum atomic E-state index is -0.286. The van der Waals surface area contributed by atoms with Crippen LogP contribution in [0.5, 0.6) is 0 Å². The van der Waals surface area contributed by atoms with Crippen LogP contribution >= 0.6 is 0 Å². The molecule has 0 saturated carbocycles. The van der Waals surface area contributed by atoms with Crippen LogP contribution in [0, 0.1) is 0 Å². The Balaban J connectivity index is 1.84. The van der Waals surface area contributed by atoms with Crippen LogP contribution in [0.2, 0.25) is 0 Å². The molecule has 25 heavy (non-hydrogen) atoms. The van der Waals surface area contributed by atoms with Crippen molar-refractivity contribution in [1.82, 2.24) is 10.4 Å². The van der Waals surface area contributed by atoms with Crippen LogP contribution in [0.25, 0.3) is 0 Å². The molecule has 0 saturated heterocycles. The summed E-state index contributed by atoms with van der Waals surface area (Å²) in [6.07, 6.45) is 5.06. The van der Waals surface area contributed by atoms with Gasteiger partial charge in [-0.05, 0) is 18.2 Å². The fourth-order valence-electron chi connectivity index (χ4n) is 2.10. The number of nitrogens with zero attached hydrogens (tertiary/aromatic N) is 3. The highest BCUT2D eigenvalue weighted by Gasteiger charge is 2.05. The van der Waals surface area contributed by atoms with E-state index in [0.717, 1.165) is 11.1 Å². The maximum atomic E-state index is 12.2. The van der Waals surface area contributed by atoms with Gasteiger partial charge in [0.2, 0.25) is 0 Å². The maximum absolute atomic E-state index is 12.2. The van der Waals surface area contributed by atoms with E-state index < -0.39 is 0 Å². The summed E-state index contributed by atoms with van der Waals surface area (Å²) in [7, 11) is 0. The number of nitrogens with one attached hydrogen (secondary N) is 1. The van der Waals surface area contributed by atoms with Gasteiger partial charge >= 0.3 is 0 Å². The highest BCUT2D eigenvalue weighted by Crippen LogP contribution is 2.04. The summed E-state index contributed by atoms with van der Waals surface area (Å²) >= 11 is 0. The molecule has 5 nitrogen and oxygen atoms in total. The van der Waals surface area contributed by atoms with Crippen molar-refractivity contribution in [3.63, 3.8) is 0 Å². The molecular formula is C20H16N4O. The Kier molecular flexibility index (Phi) is 5.40. The molecule has 0 fully saturated rings. The van der Waals surface area contributed by atoms with Crippen LogP contribution in [0.1, 0.15) is 21.5 Å². The molecule has 0 radical (unpaired) electrons. The van der Waals surface area contributed by atoms with E-state index in [-0.39, 0.29) is 5.91 Å². The number of pyridine rings is 1. The zero-order valence-electron chi connectivity index (χ0n) is 13.4. The molecule has 122 valence electrons. The second-order valence-corrected chi connectivity index (χ2v) is 5.15. The quantitative estimate of drug-likeness (QED) is 0.454. The van der Waals surface area contributed by atoms with E-state index in [1.807, 2.05) is 48.5 Å². The lowest BCUT2D eigenvalue weighted by molar-refractivity contribution is 0.0955. The Morgan fingerprint density at radius 2 is 1.56 bits per heavy atom. The third-order valence-electron chi connectivity index (χ3n) is 3.35. The van der Waals surface area contributed by atoms with Crippen molar-refractivity contribution in [2.24, 2.45) is 10.1 Å². The normalized spacial score (nSPS) is 11.4. The number of aliphatic imine (C=N–C) groups is 1. The van der Waals surface area contributed by atoms with Crippen LogP contribution in [0.15, 0.2) is 95.3 Å². The molecule has 0 atom stereocenters. The molecule has 0 unspecified atom stereocenters. The number of carbonyl (C=O) groups is 1. The van der Waals surface area contributed by atoms with Gasteiger partial charge in [0.15, 0.2) is 5.84 Å². The summed E-state index contributed by atoms with van der Waals surface area (Å²) in [5, 5.41) is 4.18. The minimum Gasteiger partial charge on any atom is -0.267 e. The molecule has 0 bridgehead atoms. The second-order valence-electron chi connectivity index (χ2n) is 5.15. The summed E-state index contributed by atoms with van der Waals surface area (Å²) in [5.74, 6) is 0.124. The predicted molar refractivity (Wildman–Crippen MR) is 98.7 cm³/mol. The zero-order chi connectivity index (χ0) is 17.3. The zero-order valence-corrected chi connectivity index (χ0v) is 13.4. The first-order chi connectivity index (χ1) is 12.3. The van der Waals surface area contributed by atoms with Crippen molar-refractivity contribution in [3.8, 4) is 0 Å². The number of hydrazone groups is 1. The standard InChI is InChI=1S/C20H16N4O/c25-20(18-11-5-2-6-12-18)24-23-19(17-9-3-1-4-10-17)22-15-16-8-7-13-21-14-16/h1-15H,(H,24,25). The average Bonchev–Trinajstić information content (AvgIpc) is 2.70. The largest absolute Gasteiger partial charge is 0.271 e. The lowest BCUT2D eigenvalue weighted by Crippen LogP contribution is -2.19. The van der Waals surface area contributed by atoms with Crippen LogP contribution in [0.4, 0.5) is 0 Å². The first-order valence-electron chi connectivity index (χ1n) is 7.75. The number of benzene rings is 2. The Labute approximate surface area is 145 Å². The van der Waals surface area contributed by atoms with Gasteiger partial charge in [-0.2, -0.15) is 5.10 Å². The SMILES string of the molecule is O=C(NN=C(N=Cc1cccnc1)c1ccccc1)c1ccccc1. The molecular weight excluding hydrogens is 312 g/mol. The maximum Gasteiger partial charge on any atom is 0.271 e. The van der Waals surface area contributed by atoms with E-state index in [2.05, 4.69) is 20.5 Å². The van der Waals surface area contributed by atoms with Gasteiger partial charge in [-0.25, -0.2) is 10.4 Å². The molecule has 1 amide bonds. The fraction of sp³-hybridized carbons (Fsp3) is 0. The molecule has 0 aliphatic heterocycles. The van der Waals surface area contributed by atoms with E-state index >= 15 is 0 Å². The molecule has 0 spiro atoms. The van der Waals surface area contributed by atoms with Gasteiger partial charge in [-0.1, -0.05) is 54.6 Å². The Hall–Kier alpha value is -3.60. The number of aromatic nitrogens is 1. The highest BCUT2D eigenvalue weighted by atomic mass is 16.2. The van der Waals surface area contributed by atoms with E-state index in [1.54, 1.807) is 42.9 Å². The van der Waals surface area contributed by atoms with E-state index in [4.69, 9.17) is 0 Å². The Morgan fingerprint density at radius 1 is 0.880 bits per heavy atom. The second kappa shape index (κ2) is 8.31. The molecule has 1 N–H and O–H groups in total. The van der Waals surface area contributed by atoms with Crippen molar-refractivity contribution in [2.45, 2.75) is 0 Å². The van der Waals surface area contributed by atoms with Crippen molar-refractivity contribution in [1.29, 1.82) is 0 Å². The van der Waals surface area contributed by atoms with E-state index in [0.29, 0.717) is 11.4 Å². The third kappa shape index (κ3) is 4.68. The molecule has 0 aliphatic rings. The number of amidine groups is 1. The average molecular weight is 328 g/mol. The van der Waals surface area contributed by atoms with Gasteiger partial charge in [0, 0.05) is 35.3 Å². The van der Waals surface area contributed by atoms with Crippen molar-refractivity contribution >= 4 is 18.0 Å². The molecule has 1 heterocycles. The summed E-state index contributed by atoms with van der Waals surface area (Å²) < 4.78 is 0. The summed E-state index contributed by atoms with van der Waals surface area (Å²) in [6.45, 7) is 0. The molecule has 0 aliphatic carbocycles. The first kappa shape index (κ1) is 16.3. The summed E-state index contributed by atoms with van der Waals surface area (Å²) in [4.78, 5) is 20.6. The van der Waals surface area contributed by atoms with Crippen LogP contribution in [0.3, 0.4) is 0 Å². The predicted octanol–water partition coefficient (Wildman–Crippen LogP) is 3.29. The Bertz CT molecular complexity index is 875. The molecule has 5 heteroatoms. The molecule has 1 aromatic heterocycles. The van der Waals surface area contributed by atoms with Gasteiger partial charge in [-0.15, -0.1) is 0 Å². The number of carbonyl (C=O) groups excluding carboxylic acids is 1. The van der Waals surface area contributed by atoms with Crippen molar-refractivity contribution < 1.29 is 4.79 Å². The number of hydrogen-bond donors (Lipinski definition) is 1. The van der Waals surface area contributed by atoms with Crippen molar-refractivity contribution in [2.75, 3.05) is 0 Å². The monoisotopic (exact) mass is 328 g/mol. The topological polar surface area (TPSA) is 66.7 Å². The van der Waals surface area contributed by atoms with E-state index in [1.165, 1.54) is 0 Å². The number of rotatable bonds is 4. The van der Waals surface area contributed by atoms with Gasteiger partial charge in [0.05, 0.1) is 0 Å². The molecule has 3 rings (SSSR count). The summed E-state index contributed by atoms with van der Waals surface area (Å²) in [5.41, 5.74) is 4.74. The van der Waals surface area contributed by atoms with E-state index in [9.17, 15) is 4.79 Å². The smallest absolute Gasteiger partial charge is 0.267 e. The minimum absolute atomic E-state index is 0.286. The highest BCUT2D eigenvalue weighted by molar-refractivity contribution is 6.06. The number of hydrogen-bond acceptors (Lipinski definition) is 3. The lowest BCUT2D eigenvalue weighted by atomic mass is 10.2. The molecule has 3 aromatic rings. The number of amides is 1. The summed E-state index contributed by atoms with van der Waals surface area (Å²) in [6, 6.07) is 22.1. The first-order valence-corrected chi connectivity index (χ1v) is 7.75. The Morgan fingerprint density at radius 3 is 2.20 bits per heavy atom.